The third-order valence-corrected chi connectivity index (χ3v) is 4.23. The molecular formula is C16H13N3O3S. The molecule has 0 bridgehead atoms. The summed E-state index contributed by atoms with van der Waals surface area (Å²) in [4.78, 5) is 33.8. The molecule has 2 heterocycles. The van der Waals surface area contributed by atoms with Crippen molar-refractivity contribution in [3.63, 3.8) is 0 Å². The number of nitrogens with zero attached hydrogens (tertiary/aromatic N) is 3. The number of fused-ring (bicyclic) bond motifs is 1. The van der Waals surface area contributed by atoms with Crippen molar-refractivity contribution in [2.24, 2.45) is 0 Å². The highest BCUT2D eigenvalue weighted by Crippen LogP contribution is 2.28. The summed E-state index contributed by atoms with van der Waals surface area (Å²) in [6, 6.07) is 10.4. The molecule has 0 aliphatic carbocycles. The third kappa shape index (κ3) is 3.19. The highest BCUT2D eigenvalue weighted by molar-refractivity contribution is 7.21. The number of hydrogen-bond donors (Lipinski definition) is 0. The van der Waals surface area contributed by atoms with Gasteiger partial charge in [-0.05, 0) is 36.4 Å². The Hall–Kier alpha value is -2.80. The SMILES string of the molecule is CC(=O)Oc1ccc(N(C)c2nc(=O)c3cccnc3s2)cc1. The molecule has 116 valence electrons. The van der Waals surface area contributed by atoms with E-state index in [0.717, 1.165) is 5.69 Å². The first-order chi connectivity index (χ1) is 11.0. The van der Waals surface area contributed by atoms with Crippen LogP contribution in [0.15, 0.2) is 47.4 Å². The number of esters is 1. The standard InChI is InChI=1S/C16H13N3O3S/c1-10(20)22-12-7-5-11(6-8-12)19(2)16-18-14(21)13-4-3-9-17-15(13)23-16/h3-9H,1-2H3. The van der Waals surface area contributed by atoms with E-state index in [2.05, 4.69) is 9.97 Å². The smallest absolute Gasteiger partial charge is 0.308 e. The second-order valence-electron chi connectivity index (χ2n) is 4.80. The van der Waals surface area contributed by atoms with Gasteiger partial charge in [0.1, 0.15) is 10.6 Å². The molecule has 3 aromatic rings. The zero-order valence-electron chi connectivity index (χ0n) is 12.5. The Morgan fingerprint density at radius 3 is 2.65 bits per heavy atom. The van der Waals surface area contributed by atoms with Crippen LogP contribution in [0.5, 0.6) is 5.75 Å². The van der Waals surface area contributed by atoms with E-state index >= 15 is 0 Å². The third-order valence-electron chi connectivity index (χ3n) is 3.16. The van der Waals surface area contributed by atoms with E-state index < -0.39 is 0 Å². The maximum Gasteiger partial charge on any atom is 0.308 e. The average Bonchev–Trinajstić information content (AvgIpc) is 2.54. The van der Waals surface area contributed by atoms with Crippen molar-refractivity contribution in [2.75, 3.05) is 11.9 Å². The van der Waals surface area contributed by atoms with Crippen molar-refractivity contribution in [2.45, 2.75) is 6.92 Å². The van der Waals surface area contributed by atoms with E-state index in [1.807, 2.05) is 7.05 Å². The Morgan fingerprint density at radius 2 is 1.96 bits per heavy atom. The monoisotopic (exact) mass is 327 g/mol. The molecule has 0 saturated carbocycles. The molecule has 0 unspecified atom stereocenters. The summed E-state index contributed by atoms with van der Waals surface area (Å²) in [5.41, 5.74) is 0.518. The van der Waals surface area contributed by atoms with Crippen LogP contribution in [0.3, 0.4) is 0 Å². The van der Waals surface area contributed by atoms with Gasteiger partial charge >= 0.3 is 5.97 Å². The van der Waals surface area contributed by atoms with Gasteiger partial charge in [-0.3, -0.25) is 9.59 Å². The largest absolute Gasteiger partial charge is 0.427 e. The molecule has 0 atom stereocenters. The van der Waals surface area contributed by atoms with E-state index in [1.54, 1.807) is 47.5 Å². The summed E-state index contributed by atoms with van der Waals surface area (Å²) in [5, 5.41) is 1.06. The number of pyridine rings is 1. The van der Waals surface area contributed by atoms with Crippen LogP contribution in [0.2, 0.25) is 0 Å². The van der Waals surface area contributed by atoms with Crippen molar-refractivity contribution in [1.82, 2.24) is 9.97 Å². The van der Waals surface area contributed by atoms with Crippen molar-refractivity contribution < 1.29 is 9.53 Å². The van der Waals surface area contributed by atoms with Gasteiger partial charge in [-0.25, -0.2) is 4.98 Å². The van der Waals surface area contributed by atoms with Gasteiger partial charge in [0.25, 0.3) is 5.56 Å². The van der Waals surface area contributed by atoms with Crippen molar-refractivity contribution in [3.05, 3.63) is 52.9 Å². The quantitative estimate of drug-likeness (QED) is 0.544. The van der Waals surface area contributed by atoms with Crippen LogP contribution >= 0.6 is 11.3 Å². The van der Waals surface area contributed by atoms with Gasteiger partial charge in [-0.1, -0.05) is 11.3 Å². The second kappa shape index (κ2) is 6.13. The number of benzene rings is 1. The van der Waals surface area contributed by atoms with Crippen LogP contribution in [-0.4, -0.2) is 23.0 Å². The molecule has 1 aromatic carbocycles. The minimum atomic E-state index is -0.369. The summed E-state index contributed by atoms with van der Waals surface area (Å²) in [6.07, 6.45) is 1.65. The van der Waals surface area contributed by atoms with Crippen molar-refractivity contribution in [1.29, 1.82) is 0 Å². The van der Waals surface area contributed by atoms with Crippen LogP contribution < -0.4 is 15.2 Å². The van der Waals surface area contributed by atoms with Crippen LogP contribution in [0.1, 0.15) is 6.92 Å². The number of carbonyl (C=O) groups excluding carboxylic acids is 1. The van der Waals surface area contributed by atoms with Gasteiger partial charge in [-0.2, -0.15) is 4.98 Å². The Balaban J connectivity index is 1.95. The predicted octanol–water partition coefficient (Wildman–Crippen LogP) is 2.74. The van der Waals surface area contributed by atoms with E-state index in [4.69, 9.17) is 4.74 Å². The molecule has 0 spiro atoms. The first kappa shape index (κ1) is 15.1. The lowest BCUT2D eigenvalue weighted by Gasteiger charge is -2.17. The molecular weight excluding hydrogens is 314 g/mol. The Kier molecular flexibility index (Phi) is 4.03. The van der Waals surface area contributed by atoms with Crippen LogP contribution in [0, 0.1) is 0 Å². The predicted molar refractivity (Wildman–Crippen MR) is 89.5 cm³/mol. The van der Waals surface area contributed by atoms with Crippen LogP contribution in [0.25, 0.3) is 10.2 Å². The second-order valence-corrected chi connectivity index (χ2v) is 5.76. The fourth-order valence-corrected chi connectivity index (χ4v) is 2.97. The first-order valence-electron chi connectivity index (χ1n) is 6.82. The molecule has 3 rings (SSSR count). The highest BCUT2D eigenvalue weighted by atomic mass is 32.1. The van der Waals surface area contributed by atoms with E-state index in [-0.39, 0.29) is 11.5 Å². The Labute approximate surface area is 136 Å². The molecule has 0 saturated heterocycles. The Bertz CT molecular complexity index is 922. The number of anilines is 2. The van der Waals surface area contributed by atoms with Gasteiger partial charge in [0.2, 0.25) is 0 Å². The fraction of sp³-hybridized carbons (Fsp3) is 0.125. The maximum atomic E-state index is 12.1. The number of ether oxygens (including phenoxy) is 1. The van der Waals surface area contributed by atoms with E-state index in [0.29, 0.717) is 21.1 Å². The topological polar surface area (TPSA) is 72.4 Å². The molecule has 0 radical (unpaired) electrons. The van der Waals surface area contributed by atoms with Gasteiger partial charge in [0.15, 0.2) is 5.13 Å². The molecule has 0 aliphatic rings. The molecule has 0 N–H and O–H groups in total. The number of aromatic nitrogens is 2. The Morgan fingerprint density at radius 1 is 1.22 bits per heavy atom. The van der Waals surface area contributed by atoms with Crippen molar-refractivity contribution >= 4 is 38.3 Å². The lowest BCUT2D eigenvalue weighted by atomic mass is 10.3. The summed E-state index contributed by atoms with van der Waals surface area (Å²) in [7, 11) is 1.81. The van der Waals surface area contributed by atoms with Crippen LogP contribution in [-0.2, 0) is 4.79 Å². The number of rotatable bonds is 3. The highest BCUT2D eigenvalue weighted by Gasteiger charge is 2.11. The molecule has 0 aliphatic heterocycles. The van der Waals surface area contributed by atoms with Crippen molar-refractivity contribution in [3.8, 4) is 5.75 Å². The summed E-state index contributed by atoms with van der Waals surface area (Å²) >= 11 is 1.34. The summed E-state index contributed by atoms with van der Waals surface area (Å²) < 4.78 is 5.00. The molecule has 23 heavy (non-hydrogen) atoms. The minimum Gasteiger partial charge on any atom is -0.427 e. The number of hydrogen-bond acceptors (Lipinski definition) is 7. The van der Waals surface area contributed by atoms with Crippen LogP contribution in [0.4, 0.5) is 10.8 Å². The summed E-state index contributed by atoms with van der Waals surface area (Å²) in [5.74, 6) is 0.0996. The lowest BCUT2D eigenvalue weighted by molar-refractivity contribution is -0.131. The van der Waals surface area contributed by atoms with Gasteiger partial charge in [0.05, 0.1) is 5.39 Å². The molecule has 6 nitrogen and oxygen atoms in total. The van der Waals surface area contributed by atoms with Gasteiger partial charge < -0.3 is 9.64 Å². The van der Waals surface area contributed by atoms with E-state index in [1.165, 1.54) is 18.3 Å². The average molecular weight is 327 g/mol. The van der Waals surface area contributed by atoms with Gasteiger partial charge in [-0.15, -0.1) is 0 Å². The molecule has 0 fully saturated rings. The van der Waals surface area contributed by atoms with E-state index in [9.17, 15) is 9.59 Å². The first-order valence-corrected chi connectivity index (χ1v) is 7.64. The molecule has 7 heteroatoms. The molecule has 0 amide bonds. The fourth-order valence-electron chi connectivity index (χ4n) is 2.05. The minimum absolute atomic E-state index is 0.301. The normalized spacial score (nSPS) is 10.5. The molecule has 2 aromatic heterocycles. The summed E-state index contributed by atoms with van der Waals surface area (Å²) in [6.45, 7) is 1.35. The maximum absolute atomic E-state index is 12.1. The number of carbonyl (C=O) groups is 1. The zero-order valence-corrected chi connectivity index (χ0v) is 13.3. The zero-order chi connectivity index (χ0) is 16.4. The lowest BCUT2D eigenvalue weighted by Crippen LogP contribution is -2.15. The van der Waals surface area contributed by atoms with Gasteiger partial charge in [0, 0.05) is 25.9 Å².